The van der Waals surface area contributed by atoms with E-state index in [1.54, 1.807) is 0 Å². The summed E-state index contributed by atoms with van der Waals surface area (Å²) in [5, 5.41) is 6.04. The Hall–Kier alpha value is -0.940. The molecule has 1 atom stereocenters. The van der Waals surface area contributed by atoms with E-state index in [1.165, 1.54) is 0 Å². The summed E-state index contributed by atoms with van der Waals surface area (Å²) < 4.78 is 6.09. The number of carbonyl (C=O) groups excluding carboxylic acids is 2. The Labute approximate surface area is 148 Å². The van der Waals surface area contributed by atoms with Gasteiger partial charge in [-0.25, -0.2) is 0 Å². The molecular weight excluding hydrogens is 304 g/mol. The van der Waals surface area contributed by atoms with Crippen LogP contribution in [-0.4, -0.2) is 42.5 Å². The monoisotopic (exact) mass is 342 g/mol. The predicted octanol–water partition coefficient (Wildman–Crippen LogP) is 3.21. The lowest BCUT2D eigenvalue weighted by atomic mass is 9.96. The fraction of sp³-hybridized carbons (Fsp3) is 0.895. The Bertz CT molecular complexity index is 379. The maximum absolute atomic E-state index is 12.0. The molecule has 0 radical (unpaired) electrons. The summed E-state index contributed by atoms with van der Waals surface area (Å²) in [7, 11) is 1.83. The van der Waals surface area contributed by atoms with Gasteiger partial charge in [-0.3, -0.25) is 4.79 Å². The largest absolute Gasteiger partial charge is 0.369 e. The van der Waals surface area contributed by atoms with Crippen molar-refractivity contribution < 1.29 is 14.3 Å². The SMILES string of the molecule is CNC(CCCCCC(C)(C)OC(C)(C)CC=O)C(=O)NC(C)C. The van der Waals surface area contributed by atoms with Crippen molar-refractivity contribution in [2.75, 3.05) is 7.05 Å². The van der Waals surface area contributed by atoms with Gasteiger partial charge in [-0.05, 0) is 61.4 Å². The Morgan fingerprint density at radius 2 is 1.71 bits per heavy atom. The van der Waals surface area contributed by atoms with Crippen LogP contribution in [0.5, 0.6) is 0 Å². The highest BCUT2D eigenvalue weighted by molar-refractivity contribution is 5.81. The molecule has 0 bridgehead atoms. The lowest BCUT2D eigenvalue weighted by Gasteiger charge is -2.35. The maximum Gasteiger partial charge on any atom is 0.237 e. The number of ether oxygens (including phenoxy) is 1. The molecule has 0 saturated heterocycles. The van der Waals surface area contributed by atoms with Gasteiger partial charge in [0.1, 0.15) is 6.29 Å². The second-order valence-electron chi connectivity index (χ2n) is 8.10. The van der Waals surface area contributed by atoms with E-state index in [-0.39, 0.29) is 23.6 Å². The van der Waals surface area contributed by atoms with Crippen LogP contribution in [0.25, 0.3) is 0 Å². The predicted molar refractivity (Wildman–Crippen MR) is 99.1 cm³/mol. The summed E-state index contributed by atoms with van der Waals surface area (Å²) >= 11 is 0. The highest BCUT2D eigenvalue weighted by Crippen LogP contribution is 2.27. The van der Waals surface area contributed by atoms with Crippen molar-refractivity contribution in [1.29, 1.82) is 0 Å². The number of rotatable bonds is 13. The standard InChI is InChI=1S/C19H38N2O3/c1-15(2)21-17(23)16(20-7)11-9-8-10-12-18(3,4)24-19(5,6)13-14-22/h14-16,20H,8-13H2,1-7H3,(H,21,23). The molecule has 0 aromatic heterocycles. The first kappa shape index (κ1) is 23.1. The van der Waals surface area contributed by atoms with Crippen LogP contribution in [0.15, 0.2) is 0 Å². The van der Waals surface area contributed by atoms with Crippen LogP contribution < -0.4 is 10.6 Å². The molecule has 1 amide bonds. The van der Waals surface area contributed by atoms with E-state index in [0.717, 1.165) is 38.4 Å². The van der Waals surface area contributed by atoms with Gasteiger partial charge >= 0.3 is 0 Å². The lowest BCUT2D eigenvalue weighted by Crippen LogP contribution is -2.45. The third-order valence-electron chi connectivity index (χ3n) is 4.00. The molecule has 1 unspecified atom stereocenters. The highest BCUT2D eigenvalue weighted by Gasteiger charge is 2.28. The summed E-state index contributed by atoms with van der Waals surface area (Å²) in [6.07, 6.45) is 6.22. The van der Waals surface area contributed by atoms with Gasteiger partial charge in [0.15, 0.2) is 0 Å². The van der Waals surface area contributed by atoms with E-state index >= 15 is 0 Å². The van der Waals surface area contributed by atoms with Gasteiger partial charge in [0.2, 0.25) is 5.91 Å². The van der Waals surface area contributed by atoms with Crippen LogP contribution in [0.1, 0.15) is 80.1 Å². The van der Waals surface area contributed by atoms with Crippen LogP contribution in [0.2, 0.25) is 0 Å². The molecule has 0 fully saturated rings. The van der Waals surface area contributed by atoms with Crippen LogP contribution in [-0.2, 0) is 14.3 Å². The minimum atomic E-state index is -0.419. The summed E-state index contributed by atoms with van der Waals surface area (Å²) in [5.41, 5.74) is -0.665. The van der Waals surface area contributed by atoms with Crippen molar-refractivity contribution in [3.05, 3.63) is 0 Å². The number of nitrogens with one attached hydrogen (secondary N) is 2. The molecule has 0 heterocycles. The smallest absolute Gasteiger partial charge is 0.237 e. The van der Waals surface area contributed by atoms with Crippen molar-refractivity contribution >= 4 is 12.2 Å². The van der Waals surface area contributed by atoms with Crippen LogP contribution >= 0.6 is 0 Å². The molecule has 0 aliphatic rings. The van der Waals surface area contributed by atoms with Gasteiger partial charge in [-0.15, -0.1) is 0 Å². The topological polar surface area (TPSA) is 67.4 Å². The fourth-order valence-corrected chi connectivity index (χ4v) is 2.91. The minimum Gasteiger partial charge on any atom is -0.369 e. The van der Waals surface area contributed by atoms with E-state index < -0.39 is 5.60 Å². The Kier molecular flexibility index (Phi) is 10.4. The Morgan fingerprint density at radius 1 is 1.08 bits per heavy atom. The van der Waals surface area contributed by atoms with Crippen molar-refractivity contribution in [3.63, 3.8) is 0 Å². The van der Waals surface area contributed by atoms with E-state index in [1.807, 2.05) is 34.7 Å². The second kappa shape index (κ2) is 10.8. The average Bonchev–Trinajstić information content (AvgIpc) is 2.40. The zero-order valence-electron chi connectivity index (χ0n) is 16.7. The molecule has 5 heteroatoms. The van der Waals surface area contributed by atoms with Gasteiger partial charge in [-0.1, -0.05) is 19.3 Å². The number of likely N-dealkylation sites (N-methyl/N-ethyl adjacent to an activating group) is 1. The summed E-state index contributed by atoms with van der Waals surface area (Å²) in [4.78, 5) is 22.7. The van der Waals surface area contributed by atoms with Gasteiger partial charge < -0.3 is 20.2 Å². The average molecular weight is 343 g/mol. The summed E-state index contributed by atoms with van der Waals surface area (Å²) in [6, 6.07) is 0.0456. The minimum absolute atomic E-state index is 0.0757. The molecule has 24 heavy (non-hydrogen) atoms. The summed E-state index contributed by atoms with van der Waals surface area (Å²) in [6.45, 7) is 12.0. The zero-order chi connectivity index (χ0) is 18.8. The Balaban J connectivity index is 4.10. The lowest BCUT2D eigenvalue weighted by molar-refractivity contribution is -0.138. The number of unbranched alkanes of at least 4 members (excludes halogenated alkanes) is 2. The molecule has 0 aromatic rings. The van der Waals surface area contributed by atoms with E-state index in [4.69, 9.17) is 4.74 Å². The molecule has 2 N–H and O–H groups in total. The van der Waals surface area contributed by atoms with Gasteiger partial charge in [0.05, 0.1) is 17.2 Å². The van der Waals surface area contributed by atoms with Crippen molar-refractivity contribution in [2.45, 2.75) is 103 Å². The van der Waals surface area contributed by atoms with Crippen molar-refractivity contribution in [2.24, 2.45) is 0 Å². The first-order valence-corrected chi connectivity index (χ1v) is 9.14. The second-order valence-corrected chi connectivity index (χ2v) is 8.10. The molecule has 0 aromatic carbocycles. The Morgan fingerprint density at radius 3 is 2.21 bits per heavy atom. The molecule has 0 rings (SSSR count). The maximum atomic E-state index is 12.0. The van der Waals surface area contributed by atoms with Crippen LogP contribution in [0, 0.1) is 0 Å². The molecular formula is C19H38N2O3. The molecule has 0 aliphatic carbocycles. The zero-order valence-corrected chi connectivity index (χ0v) is 16.7. The molecule has 0 aliphatic heterocycles. The fourth-order valence-electron chi connectivity index (χ4n) is 2.91. The van der Waals surface area contributed by atoms with Gasteiger partial charge in [0.25, 0.3) is 0 Å². The number of carbonyl (C=O) groups is 2. The van der Waals surface area contributed by atoms with Crippen molar-refractivity contribution in [1.82, 2.24) is 10.6 Å². The summed E-state index contributed by atoms with van der Waals surface area (Å²) in [5.74, 6) is 0.0757. The normalized spacial score (nSPS) is 13.8. The highest BCUT2D eigenvalue weighted by atomic mass is 16.5. The van der Waals surface area contributed by atoms with Gasteiger partial charge in [-0.2, -0.15) is 0 Å². The van der Waals surface area contributed by atoms with Crippen LogP contribution in [0.4, 0.5) is 0 Å². The number of amides is 1. The quantitative estimate of drug-likeness (QED) is 0.398. The molecule has 0 saturated carbocycles. The number of aldehydes is 1. The van der Waals surface area contributed by atoms with Crippen LogP contribution in [0.3, 0.4) is 0 Å². The van der Waals surface area contributed by atoms with E-state index in [2.05, 4.69) is 24.5 Å². The van der Waals surface area contributed by atoms with E-state index in [9.17, 15) is 9.59 Å². The van der Waals surface area contributed by atoms with E-state index in [0.29, 0.717) is 6.42 Å². The first-order valence-electron chi connectivity index (χ1n) is 9.14. The van der Waals surface area contributed by atoms with Gasteiger partial charge in [0, 0.05) is 12.5 Å². The molecule has 0 spiro atoms. The third kappa shape index (κ3) is 10.8. The first-order chi connectivity index (χ1) is 11.0. The number of hydrogen-bond donors (Lipinski definition) is 2. The number of hydrogen-bond acceptors (Lipinski definition) is 4. The third-order valence-corrected chi connectivity index (χ3v) is 4.00. The van der Waals surface area contributed by atoms with Crippen molar-refractivity contribution in [3.8, 4) is 0 Å². The molecule has 5 nitrogen and oxygen atoms in total. The molecule has 142 valence electrons.